The van der Waals surface area contributed by atoms with E-state index in [9.17, 15) is 5.11 Å². The van der Waals surface area contributed by atoms with Gasteiger partial charge in [0.2, 0.25) is 0 Å². The van der Waals surface area contributed by atoms with Crippen LogP contribution in [0.1, 0.15) is 62.1 Å². The maximum atomic E-state index is 10.6. The monoisotopic (exact) mass is 275 g/mol. The van der Waals surface area contributed by atoms with E-state index in [1.54, 1.807) is 0 Å². The number of aromatic nitrogens is 1. The average molecular weight is 275 g/mol. The van der Waals surface area contributed by atoms with Gasteiger partial charge in [-0.1, -0.05) is 6.07 Å². The molecule has 2 aliphatic rings. The Balaban J connectivity index is 1.58. The summed E-state index contributed by atoms with van der Waals surface area (Å²) in [5.74, 6) is 0.226. The van der Waals surface area contributed by atoms with E-state index in [2.05, 4.69) is 11.1 Å². The Bertz CT molecular complexity index is 429. The average Bonchev–Trinajstić information content (AvgIpc) is 2.53. The number of hydrogen-bond donors (Lipinski definition) is 1. The van der Waals surface area contributed by atoms with Crippen molar-refractivity contribution in [2.45, 2.75) is 69.5 Å². The Morgan fingerprint density at radius 2 is 2.25 bits per heavy atom. The minimum Gasteiger partial charge on any atom is -0.392 e. The van der Waals surface area contributed by atoms with Crippen molar-refractivity contribution in [2.75, 3.05) is 6.61 Å². The normalized spacial score (nSPS) is 27.9. The number of ether oxygens (including phenoxy) is 1. The van der Waals surface area contributed by atoms with E-state index in [0.717, 1.165) is 44.4 Å². The van der Waals surface area contributed by atoms with Gasteiger partial charge in [0, 0.05) is 24.4 Å². The lowest BCUT2D eigenvalue weighted by Gasteiger charge is -2.30. The maximum absolute atomic E-state index is 10.6. The van der Waals surface area contributed by atoms with Crippen LogP contribution in [-0.2, 0) is 11.2 Å². The molecule has 0 saturated carbocycles. The molecule has 1 N–H and O–H groups in total. The zero-order chi connectivity index (χ0) is 13.8. The Labute approximate surface area is 121 Å². The number of aliphatic hydroxyl groups excluding tert-OH is 1. The van der Waals surface area contributed by atoms with Crippen LogP contribution in [0.3, 0.4) is 0 Å². The van der Waals surface area contributed by atoms with E-state index in [-0.39, 0.29) is 12.0 Å². The third-order valence-corrected chi connectivity index (χ3v) is 4.76. The SMILES string of the molecule is OC(CCC1CCCCO1)C1CCCc2cccnc21. The smallest absolute Gasteiger partial charge is 0.0624 e. The molecule has 0 spiro atoms. The van der Waals surface area contributed by atoms with E-state index < -0.39 is 0 Å². The van der Waals surface area contributed by atoms with Gasteiger partial charge >= 0.3 is 0 Å². The van der Waals surface area contributed by atoms with Crippen LogP contribution >= 0.6 is 0 Å². The number of hydrogen-bond acceptors (Lipinski definition) is 3. The summed E-state index contributed by atoms with van der Waals surface area (Å²) in [4.78, 5) is 4.53. The summed E-state index contributed by atoms with van der Waals surface area (Å²) >= 11 is 0. The molecule has 3 nitrogen and oxygen atoms in total. The van der Waals surface area contributed by atoms with Gasteiger partial charge in [-0.15, -0.1) is 0 Å². The fraction of sp³-hybridized carbons (Fsp3) is 0.706. The molecule has 0 bridgehead atoms. The standard InChI is InChI=1S/C17H25NO2/c19-16(10-9-14-7-1-2-12-20-14)15-8-3-5-13-6-4-11-18-17(13)15/h4,6,11,14-16,19H,1-3,5,7-10,12H2. The second kappa shape index (κ2) is 6.68. The van der Waals surface area contributed by atoms with Crippen molar-refractivity contribution in [3.05, 3.63) is 29.6 Å². The predicted molar refractivity (Wildman–Crippen MR) is 78.7 cm³/mol. The van der Waals surface area contributed by atoms with Crippen LogP contribution < -0.4 is 0 Å². The van der Waals surface area contributed by atoms with Crippen molar-refractivity contribution < 1.29 is 9.84 Å². The van der Waals surface area contributed by atoms with Crippen molar-refractivity contribution >= 4 is 0 Å². The zero-order valence-corrected chi connectivity index (χ0v) is 12.1. The highest BCUT2D eigenvalue weighted by Gasteiger charge is 2.28. The van der Waals surface area contributed by atoms with Crippen molar-refractivity contribution in [1.29, 1.82) is 0 Å². The van der Waals surface area contributed by atoms with E-state index in [4.69, 9.17) is 4.74 Å². The van der Waals surface area contributed by atoms with E-state index >= 15 is 0 Å². The third-order valence-electron chi connectivity index (χ3n) is 4.76. The van der Waals surface area contributed by atoms with E-state index in [1.807, 2.05) is 12.3 Å². The lowest BCUT2D eigenvalue weighted by atomic mass is 9.81. The number of nitrogens with zero attached hydrogens (tertiary/aromatic N) is 1. The summed E-state index contributed by atoms with van der Waals surface area (Å²) < 4.78 is 5.76. The molecule has 0 aromatic carbocycles. The summed E-state index contributed by atoms with van der Waals surface area (Å²) in [7, 11) is 0. The van der Waals surface area contributed by atoms with Crippen LogP contribution in [0.25, 0.3) is 0 Å². The maximum Gasteiger partial charge on any atom is 0.0624 e. The largest absolute Gasteiger partial charge is 0.392 e. The molecule has 0 amide bonds. The number of aliphatic hydroxyl groups is 1. The molecule has 3 atom stereocenters. The molecule has 3 heteroatoms. The highest BCUT2D eigenvalue weighted by Crippen LogP contribution is 2.34. The first-order valence-electron chi connectivity index (χ1n) is 8.08. The molecule has 110 valence electrons. The lowest BCUT2D eigenvalue weighted by Crippen LogP contribution is -2.27. The predicted octanol–water partition coefficient (Wildman–Crippen LogP) is 3.21. The van der Waals surface area contributed by atoms with Crippen LogP contribution in [0.15, 0.2) is 18.3 Å². The zero-order valence-electron chi connectivity index (χ0n) is 12.1. The minimum atomic E-state index is -0.269. The molecular formula is C17H25NO2. The Hall–Kier alpha value is -0.930. The van der Waals surface area contributed by atoms with E-state index in [1.165, 1.54) is 24.8 Å². The quantitative estimate of drug-likeness (QED) is 0.917. The molecule has 1 aromatic heterocycles. The Morgan fingerprint density at radius 3 is 3.10 bits per heavy atom. The summed E-state index contributed by atoms with van der Waals surface area (Å²) in [5.41, 5.74) is 2.47. The number of rotatable bonds is 4. The molecular weight excluding hydrogens is 250 g/mol. The molecule has 1 aromatic rings. The molecule has 2 heterocycles. The van der Waals surface area contributed by atoms with Crippen molar-refractivity contribution in [2.24, 2.45) is 0 Å². The highest BCUT2D eigenvalue weighted by molar-refractivity contribution is 5.26. The molecule has 1 fully saturated rings. The van der Waals surface area contributed by atoms with Gasteiger partial charge < -0.3 is 9.84 Å². The molecule has 3 rings (SSSR count). The van der Waals surface area contributed by atoms with Crippen LogP contribution in [0.2, 0.25) is 0 Å². The van der Waals surface area contributed by atoms with Crippen molar-refractivity contribution in [3.8, 4) is 0 Å². The van der Waals surface area contributed by atoms with Crippen LogP contribution in [0.5, 0.6) is 0 Å². The highest BCUT2D eigenvalue weighted by atomic mass is 16.5. The van der Waals surface area contributed by atoms with Gasteiger partial charge in [-0.2, -0.15) is 0 Å². The molecule has 1 saturated heterocycles. The van der Waals surface area contributed by atoms with Crippen molar-refractivity contribution in [1.82, 2.24) is 4.98 Å². The second-order valence-corrected chi connectivity index (χ2v) is 6.18. The first-order valence-corrected chi connectivity index (χ1v) is 8.08. The molecule has 1 aliphatic heterocycles. The topological polar surface area (TPSA) is 42.4 Å². The molecule has 20 heavy (non-hydrogen) atoms. The number of fused-ring (bicyclic) bond motifs is 1. The fourth-order valence-electron chi connectivity index (χ4n) is 3.61. The number of aryl methyl sites for hydroxylation is 1. The van der Waals surface area contributed by atoms with E-state index in [0.29, 0.717) is 6.10 Å². The van der Waals surface area contributed by atoms with Gasteiger partial charge in [0.1, 0.15) is 0 Å². The second-order valence-electron chi connectivity index (χ2n) is 6.18. The Kier molecular flexibility index (Phi) is 4.69. The number of pyridine rings is 1. The third kappa shape index (κ3) is 3.21. The molecule has 3 unspecified atom stereocenters. The van der Waals surface area contributed by atoms with Gasteiger partial charge in [0.05, 0.1) is 12.2 Å². The molecule has 0 radical (unpaired) electrons. The summed E-state index contributed by atoms with van der Waals surface area (Å²) in [6, 6.07) is 4.16. The van der Waals surface area contributed by atoms with Gasteiger partial charge in [-0.05, 0) is 63.0 Å². The van der Waals surface area contributed by atoms with Gasteiger partial charge in [0.25, 0.3) is 0 Å². The first-order chi connectivity index (χ1) is 9.84. The lowest BCUT2D eigenvalue weighted by molar-refractivity contribution is -0.000413. The fourth-order valence-corrected chi connectivity index (χ4v) is 3.61. The van der Waals surface area contributed by atoms with Gasteiger partial charge in [0.15, 0.2) is 0 Å². The molecule has 1 aliphatic carbocycles. The van der Waals surface area contributed by atoms with Crippen LogP contribution in [0, 0.1) is 0 Å². The van der Waals surface area contributed by atoms with Crippen LogP contribution in [-0.4, -0.2) is 28.9 Å². The van der Waals surface area contributed by atoms with Gasteiger partial charge in [-0.3, -0.25) is 4.98 Å². The summed E-state index contributed by atoms with van der Waals surface area (Å²) in [5, 5.41) is 10.6. The van der Waals surface area contributed by atoms with Crippen molar-refractivity contribution in [3.63, 3.8) is 0 Å². The summed E-state index contributed by atoms with van der Waals surface area (Å²) in [6.45, 7) is 0.897. The first kappa shape index (κ1) is 14.0. The minimum absolute atomic E-state index is 0.226. The summed E-state index contributed by atoms with van der Waals surface area (Å²) in [6.07, 6.45) is 10.7. The Morgan fingerprint density at radius 1 is 1.30 bits per heavy atom. The van der Waals surface area contributed by atoms with Gasteiger partial charge in [-0.25, -0.2) is 0 Å². The van der Waals surface area contributed by atoms with Crippen LogP contribution in [0.4, 0.5) is 0 Å².